The SMILES string of the molecule is O=C(CNCC(=O)N1CCCCC1)Nc1cccc(F)c1. The highest BCUT2D eigenvalue weighted by molar-refractivity contribution is 5.92. The molecule has 0 aliphatic carbocycles. The van der Waals surface area contributed by atoms with Crippen LogP contribution in [0.4, 0.5) is 10.1 Å². The van der Waals surface area contributed by atoms with Gasteiger partial charge in [0.05, 0.1) is 13.1 Å². The predicted molar refractivity (Wildman–Crippen MR) is 78.3 cm³/mol. The first kappa shape index (κ1) is 15.4. The Bertz CT molecular complexity index is 501. The number of carbonyl (C=O) groups excluding carboxylic acids is 2. The minimum absolute atomic E-state index is 0.0215. The van der Waals surface area contributed by atoms with E-state index < -0.39 is 5.82 Å². The van der Waals surface area contributed by atoms with E-state index in [9.17, 15) is 14.0 Å². The number of nitrogens with zero attached hydrogens (tertiary/aromatic N) is 1. The Kier molecular flexibility index (Phi) is 5.68. The average Bonchev–Trinajstić information content (AvgIpc) is 2.48. The fourth-order valence-electron chi connectivity index (χ4n) is 2.31. The molecule has 5 nitrogen and oxygen atoms in total. The minimum Gasteiger partial charge on any atom is -0.342 e. The molecule has 2 rings (SSSR count). The maximum Gasteiger partial charge on any atom is 0.238 e. The first-order valence-electron chi connectivity index (χ1n) is 7.19. The molecule has 0 bridgehead atoms. The number of halogens is 1. The number of piperidine rings is 1. The summed E-state index contributed by atoms with van der Waals surface area (Å²) in [5.41, 5.74) is 0.407. The van der Waals surface area contributed by atoms with Gasteiger partial charge in [-0.2, -0.15) is 0 Å². The van der Waals surface area contributed by atoms with Crippen LogP contribution >= 0.6 is 0 Å². The number of nitrogens with one attached hydrogen (secondary N) is 2. The minimum atomic E-state index is -0.402. The molecule has 0 saturated carbocycles. The lowest BCUT2D eigenvalue weighted by Gasteiger charge is -2.26. The van der Waals surface area contributed by atoms with Gasteiger partial charge in [0.25, 0.3) is 0 Å². The van der Waals surface area contributed by atoms with Gasteiger partial charge in [-0.25, -0.2) is 4.39 Å². The quantitative estimate of drug-likeness (QED) is 0.862. The molecule has 2 N–H and O–H groups in total. The molecule has 6 heteroatoms. The highest BCUT2D eigenvalue weighted by Gasteiger charge is 2.16. The smallest absolute Gasteiger partial charge is 0.238 e. The van der Waals surface area contributed by atoms with E-state index in [1.807, 2.05) is 4.90 Å². The second kappa shape index (κ2) is 7.73. The number of benzene rings is 1. The van der Waals surface area contributed by atoms with Crippen molar-refractivity contribution in [3.63, 3.8) is 0 Å². The zero-order valence-electron chi connectivity index (χ0n) is 11.9. The molecule has 1 aliphatic rings. The zero-order valence-corrected chi connectivity index (χ0v) is 11.9. The summed E-state index contributed by atoms with van der Waals surface area (Å²) in [5, 5.41) is 5.39. The summed E-state index contributed by atoms with van der Waals surface area (Å²) in [6.07, 6.45) is 3.27. The molecule has 1 heterocycles. The molecule has 1 aliphatic heterocycles. The fraction of sp³-hybridized carbons (Fsp3) is 0.467. The van der Waals surface area contributed by atoms with Crippen LogP contribution in [0.5, 0.6) is 0 Å². The second-order valence-electron chi connectivity index (χ2n) is 5.10. The van der Waals surface area contributed by atoms with Crippen molar-refractivity contribution in [1.82, 2.24) is 10.2 Å². The predicted octanol–water partition coefficient (Wildman–Crippen LogP) is 1.37. The van der Waals surface area contributed by atoms with E-state index in [0.29, 0.717) is 5.69 Å². The van der Waals surface area contributed by atoms with Gasteiger partial charge < -0.3 is 10.2 Å². The summed E-state index contributed by atoms with van der Waals surface area (Å²) in [7, 11) is 0. The van der Waals surface area contributed by atoms with E-state index in [1.165, 1.54) is 24.6 Å². The van der Waals surface area contributed by atoms with E-state index >= 15 is 0 Å². The Labute approximate surface area is 123 Å². The van der Waals surface area contributed by atoms with Crippen molar-refractivity contribution in [2.24, 2.45) is 0 Å². The van der Waals surface area contributed by atoms with Gasteiger partial charge in [0.2, 0.25) is 11.8 Å². The number of carbonyl (C=O) groups is 2. The van der Waals surface area contributed by atoms with Gasteiger partial charge in [0.15, 0.2) is 0 Å². The van der Waals surface area contributed by atoms with Crippen LogP contribution in [-0.2, 0) is 9.59 Å². The molecule has 114 valence electrons. The third-order valence-electron chi connectivity index (χ3n) is 3.38. The van der Waals surface area contributed by atoms with Crippen molar-refractivity contribution in [1.29, 1.82) is 0 Å². The fourth-order valence-corrected chi connectivity index (χ4v) is 2.31. The van der Waals surface area contributed by atoms with Crippen LogP contribution in [0, 0.1) is 5.82 Å². The third kappa shape index (κ3) is 5.15. The third-order valence-corrected chi connectivity index (χ3v) is 3.38. The summed E-state index contributed by atoms with van der Waals surface area (Å²) in [6.45, 7) is 1.78. The Morgan fingerprint density at radius 2 is 1.90 bits per heavy atom. The van der Waals surface area contributed by atoms with Gasteiger partial charge in [0, 0.05) is 18.8 Å². The zero-order chi connectivity index (χ0) is 15.1. The molecular weight excluding hydrogens is 273 g/mol. The van der Waals surface area contributed by atoms with Gasteiger partial charge in [-0.15, -0.1) is 0 Å². The Hall–Kier alpha value is -1.95. The summed E-state index contributed by atoms with van der Waals surface area (Å²) in [5.74, 6) is -0.679. The monoisotopic (exact) mass is 293 g/mol. The second-order valence-corrected chi connectivity index (χ2v) is 5.10. The largest absolute Gasteiger partial charge is 0.342 e. The van der Waals surface area contributed by atoms with Crippen LogP contribution in [0.3, 0.4) is 0 Å². The van der Waals surface area contributed by atoms with Gasteiger partial charge in [-0.05, 0) is 37.5 Å². The van der Waals surface area contributed by atoms with Crippen LogP contribution in [-0.4, -0.2) is 42.9 Å². The van der Waals surface area contributed by atoms with Crippen molar-refractivity contribution >= 4 is 17.5 Å². The first-order chi connectivity index (χ1) is 10.1. The van der Waals surface area contributed by atoms with Crippen molar-refractivity contribution < 1.29 is 14.0 Å². The molecule has 1 saturated heterocycles. The van der Waals surface area contributed by atoms with Crippen LogP contribution < -0.4 is 10.6 Å². The van der Waals surface area contributed by atoms with Gasteiger partial charge in [0.1, 0.15) is 5.82 Å². The number of hydrogen-bond acceptors (Lipinski definition) is 3. The van der Waals surface area contributed by atoms with Crippen molar-refractivity contribution in [2.45, 2.75) is 19.3 Å². The highest BCUT2D eigenvalue weighted by atomic mass is 19.1. The van der Waals surface area contributed by atoms with E-state index in [4.69, 9.17) is 0 Å². The van der Waals surface area contributed by atoms with Crippen LogP contribution in [0.15, 0.2) is 24.3 Å². The topological polar surface area (TPSA) is 61.4 Å². The number of rotatable bonds is 5. The van der Waals surface area contributed by atoms with Crippen molar-refractivity contribution in [3.8, 4) is 0 Å². The van der Waals surface area contributed by atoms with E-state index in [-0.39, 0.29) is 24.9 Å². The van der Waals surface area contributed by atoms with Crippen molar-refractivity contribution in [2.75, 3.05) is 31.5 Å². The lowest BCUT2D eigenvalue weighted by atomic mass is 10.1. The van der Waals surface area contributed by atoms with Crippen molar-refractivity contribution in [3.05, 3.63) is 30.1 Å². The maximum atomic E-state index is 13.0. The molecule has 0 spiro atoms. The maximum absolute atomic E-state index is 13.0. The Morgan fingerprint density at radius 1 is 1.14 bits per heavy atom. The van der Waals surface area contributed by atoms with Gasteiger partial charge >= 0.3 is 0 Å². The van der Waals surface area contributed by atoms with E-state index in [1.54, 1.807) is 6.07 Å². The summed E-state index contributed by atoms with van der Waals surface area (Å²) in [6, 6.07) is 5.69. The lowest BCUT2D eigenvalue weighted by Crippen LogP contribution is -2.42. The normalized spacial score (nSPS) is 14.8. The van der Waals surface area contributed by atoms with Gasteiger partial charge in [-0.3, -0.25) is 14.9 Å². The Morgan fingerprint density at radius 3 is 2.62 bits per heavy atom. The number of likely N-dealkylation sites (tertiary alicyclic amines) is 1. The molecule has 2 amide bonds. The molecular formula is C15H20FN3O2. The van der Waals surface area contributed by atoms with Crippen LogP contribution in [0.25, 0.3) is 0 Å². The lowest BCUT2D eigenvalue weighted by molar-refractivity contribution is -0.131. The molecule has 21 heavy (non-hydrogen) atoms. The van der Waals surface area contributed by atoms with Crippen LogP contribution in [0.2, 0.25) is 0 Å². The highest BCUT2D eigenvalue weighted by Crippen LogP contribution is 2.09. The van der Waals surface area contributed by atoms with E-state index in [2.05, 4.69) is 10.6 Å². The standard InChI is InChI=1S/C15H20FN3O2/c16-12-5-4-6-13(9-12)18-14(20)10-17-11-15(21)19-7-2-1-3-8-19/h4-6,9,17H,1-3,7-8,10-11H2,(H,18,20). The van der Waals surface area contributed by atoms with E-state index in [0.717, 1.165) is 25.9 Å². The molecule has 1 aromatic carbocycles. The number of hydrogen-bond donors (Lipinski definition) is 2. The molecule has 0 unspecified atom stereocenters. The summed E-state index contributed by atoms with van der Waals surface area (Å²) < 4.78 is 13.0. The van der Waals surface area contributed by atoms with Gasteiger partial charge in [-0.1, -0.05) is 6.07 Å². The average molecular weight is 293 g/mol. The number of anilines is 1. The molecule has 0 atom stereocenters. The molecule has 0 aromatic heterocycles. The molecule has 1 aromatic rings. The molecule has 1 fully saturated rings. The Balaban J connectivity index is 1.68. The first-order valence-corrected chi connectivity index (χ1v) is 7.19. The van der Waals surface area contributed by atoms with Crippen LogP contribution in [0.1, 0.15) is 19.3 Å². The molecule has 0 radical (unpaired) electrons. The number of amides is 2. The summed E-state index contributed by atoms with van der Waals surface area (Å²) in [4.78, 5) is 25.3. The summed E-state index contributed by atoms with van der Waals surface area (Å²) >= 11 is 0.